The SMILES string of the molecule is Brc1cccc2cccc(CC3=NOSN3)c12. The Morgan fingerprint density at radius 3 is 2.82 bits per heavy atom. The molecule has 1 heterocycles. The Hall–Kier alpha value is -1.20. The van der Waals surface area contributed by atoms with Gasteiger partial charge in [-0.2, -0.15) is 0 Å². The van der Waals surface area contributed by atoms with E-state index in [9.17, 15) is 0 Å². The molecule has 3 nitrogen and oxygen atoms in total. The highest BCUT2D eigenvalue weighted by atomic mass is 79.9. The molecule has 0 amide bonds. The fourth-order valence-electron chi connectivity index (χ4n) is 1.91. The molecule has 0 saturated heterocycles. The number of nitrogens with zero attached hydrogens (tertiary/aromatic N) is 1. The fourth-order valence-corrected chi connectivity index (χ4v) is 2.92. The van der Waals surface area contributed by atoms with Crippen molar-refractivity contribution in [1.82, 2.24) is 4.72 Å². The van der Waals surface area contributed by atoms with Gasteiger partial charge in [-0.3, -0.25) is 9.01 Å². The predicted octanol–water partition coefficient (Wildman–Crippen LogP) is 3.64. The zero-order valence-electron chi connectivity index (χ0n) is 8.81. The van der Waals surface area contributed by atoms with Crippen LogP contribution in [-0.2, 0) is 10.7 Å². The number of fused-ring (bicyclic) bond motifs is 1. The molecule has 0 unspecified atom stereocenters. The number of hydrogen-bond acceptors (Lipinski definition) is 4. The molecule has 0 spiro atoms. The predicted molar refractivity (Wildman–Crippen MR) is 74.6 cm³/mol. The second-order valence-electron chi connectivity index (χ2n) is 3.73. The summed E-state index contributed by atoms with van der Waals surface area (Å²) in [4.78, 5) is 0. The third-order valence-corrected chi connectivity index (χ3v) is 3.77. The van der Waals surface area contributed by atoms with Gasteiger partial charge in [-0.1, -0.05) is 51.4 Å². The van der Waals surface area contributed by atoms with Crippen molar-refractivity contribution in [3.8, 4) is 0 Å². The van der Waals surface area contributed by atoms with Crippen molar-refractivity contribution in [1.29, 1.82) is 0 Å². The maximum absolute atomic E-state index is 4.85. The van der Waals surface area contributed by atoms with Crippen LogP contribution >= 0.6 is 28.2 Å². The smallest absolute Gasteiger partial charge is 0.208 e. The summed E-state index contributed by atoms with van der Waals surface area (Å²) < 4.78 is 8.98. The second-order valence-corrected chi connectivity index (χ2v) is 5.10. The molecular weight excluding hydrogens is 300 g/mol. The summed E-state index contributed by atoms with van der Waals surface area (Å²) >= 11 is 4.75. The van der Waals surface area contributed by atoms with E-state index >= 15 is 0 Å². The number of amidine groups is 1. The summed E-state index contributed by atoms with van der Waals surface area (Å²) in [5.74, 6) is 0.846. The van der Waals surface area contributed by atoms with Gasteiger partial charge < -0.3 is 0 Å². The summed E-state index contributed by atoms with van der Waals surface area (Å²) in [5, 5.41) is 6.38. The molecule has 0 saturated carbocycles. The number of benzene rings is 2. The molecule has 86 valence electrons. The molecule has 1 N–H and O–H groups in total. The quantitative estimate of drug-likeness (QED) is 0.679. The van der Waals surface area contributed by atoms with Gasteiger partial charge in [-0.15, -0.1) is 0 Å². The Balaban J connectivity index is 2.09. The molecule has 3 rings (SSSR count). The van der Waals surface area contributed by atoms with Gasteiger partial charge in [0.2, 0.25) is 12.2 Å². The van der Waals surface area contributed by atoms with Gasteiger partial charge in [-0.25, -0.2) is 0 Å². The minimum Gasteiger partial charge on any atom is -0.297 e. The third kappa shape index (κ3) is 2.12. The molecule has 0 atom stereocenters. The lowest BCUT2D eigenvalue weighted by Crippen LogP contribution is -2.14. The Morgan fingerprint density at radius 1 is 1.24 bits per heavy atom. The number of rotatable bonds is 2. The summed E-state index contributed by atoms with van der Waals surface area (Å²) in [5.41, 5.74) is 1.23. The first-order valence-corrected chi connectivity index (χ1v) is 6.70. The van der Waals surface area contributed by atoms with E-state index in [1.54, 1.807) is 0 Å². The Bertz CT molecular complexity index is 595. The van der Waals surface area contributed by atoms with Gasteiger partial charge in [0.25, 0.3) is 0 Å². The molecule has 0 fully saturated rings. The minimum atomic E-state index is 0.743. The molecule has 2 aromatic rings. The Labute approximate surface area is 112 Å². The maximum Gasteiger partial charge on any atom is 0.208 e. The molecule has 0 aromatic heterocycles. The number of hydrogen-bond donors (Lipinski definition) is 1. The molecule has 1 aliphatic heterocycles. The summed E-state index contributed by atoms with van der Waals surface area (Å²) in [6.45, 7) is 0. The van der Waals surface area contributed by atoms with Crippen molar-refractivity contribution in [2.24, 2.45) is 5.16 Å². The van der Waals surface area contributed by atoms with Crippen LogP contribution in [0.15, 0.2) is 46.0 Å². The highest BCUT2D eigenvalue weighted by Crippen LogP contribution is 2.28. The van der Waals surface area contributed by atoms with Gasteiger partial charge in [0, 0.05) is 10.9 Å². The molecule has 0 radical (unpaired) electrons. The van der Waals surface area contributed by atoms with Crippen molar-refractivity contribution >= 4 is 44.8 Å². The third-order valence-electron chi connectivity index (χ3n) is 2.64. The molecule has 17 heavy (non-hydrogen) atoms. The monoisotopic (exact) mass is 308 g/mol. The van der Waals surface area contributed by atoms with E-state index < -0.39 is 0 Å². The van der Waals surface area contributed by atoms with Crippen LogP contribution in [0.5, 0.6) is 0 Å². The van der Waals surface area contributed by atoms with Crippen LogP contribution < -0.4 is 4.72 Å². The number of oxime groups is 1. The molecule has 0 bridgehead atoms. The zero-order chi connectivity index (χ0) is 11.7. The molecule has 2 aromatic carbocycles. The van der Waals surface area contributed by atoms with Gasteiger partial charge in [0.15, 0.2) is 5.84 Å². The Kier molecular flexibility index (Phi) is 2.94. The first-order valence-electron chi connectivity index (χ1n) is 5.16. The van der Waals surface area contributed by atoms with Crippen LogP contribution in [0.25, 0.3) is 10.8 Å². The van der Waals surface area contributed by atoms with Crippen molar-refractivity contribution in [2.75, 3.05) is 0 Å². The first kappa shape index (κ1) is 10.9. The zero-order valence-corrected chi connectivity index (χ0v) is 11.2. The maximum atomic E-state index is 4.85. The lowest BCUT2D eigenvalue weighted by atomic mass is 10.0. The van der Waals surface area contributed by atoms with Crippen molar-refractivity contribution < 1.29 is 4.28 Å². The summed E-state index contributed by atoms with van der Waals surface area (Å²) in [7, 11) is 0. The molecule has 1 aliphatic rings. The van der Waals surface area contributed by atoms with Crippen molar-refractivity contribution in [3.63, 3.8) is 0 Å². The van der Waals surface area contributed by atoms with Crippen LogP contribution in [0, 0.1) is 0 Å². The van der Waals surface area contributed by atoms with Crippen LogP contribution in [0.2, 0.25) is 0 Å². The van der Waals surface area contributed by atoms with Crippen LogP contribution in [0.4, 0.5) is 0 Å². The van der Waals surface area contributed by atoms with E-state index in [0.29, 0.717) is 0 Å². The summed E-state index contributed by atoms with van der Waals surface area (Å²) in [6.07, 6.45) is 0.743. The first-order chi connectivity index (χ1) is 8.34. The van der Waals surface area contributed by atoms with Gasteiger partial charge >= 0.3 is 0 Å². The lowest BCUT2D eigenvalue weighted by molar-refractivity contribution is 0.415. The summed E-state index contributed by atoms with van der Waals surface area (Å²) in [6, 6.07) is 12.5. The molecule has 0 aliphatic carbocycles. The van der Waals surface area contributed by atoms with Crippen LogP contribution in [0.3, 0.4) is 0 Å². The normalized spacial score (nSPS) is 14.3. The minimum absolute atomic E-state index is 0.743. The van der Waals surface area contributed by atoms with Crippen LogP contribution in [-0.4, -0.2) is 5.84 Å². The second kappa shape index (κ2) is 4.58. The molecule has 5 heteroatoms. The van der Waals surface area contributed by atoms with Gasteiger partial charge in [0.1, 0.15) is 0 Å². The number of halogens is 1. The average Bonchev–Trinajstić information content (AvgIpc) is 2.82. The molecular formula is C12H9BrN2OS. The Morgan fingerprint density at radius 2 is 2.06 bits per heavy atom. The fraction of sp³-hybridized carbons (Fsp3) is 0.0833. The van der Waals surface area contributed by atoms with E-state index in [1.807, 2.05) is 6.07 Å². The van der Waals surface area contributed by atoms with Crippen LogP contribution in [0.1, 0.15) is 5.56 Å². The highest BCUT2D eigenvalue weighted by Gasteiger charge is 2.12. The van der Waals surface area contributed by atoms with E-state index in [-0.39, 0.29) is 0 Å². The van der Waals surface area contributed by atoms with Crippen molar-refractivity contribution in [3.05, 3.63) is 46.4 Å². The van der Waals surface area contributed by atoms with E-state index in [4.69, 9.17) is 4.28 Å². The van der Waals surface area contributed by atoms with Gasteiger partial charge in [-0.05, 0) is 22.4 Å². The van der Waals surface area contributed by atoms with E-state index in [2.05, 4.69) is 56.1 Å². The number of nitrogens with one attached hydrogen (secondary N) is 1. The topological polar surface area (TPSA) is 33.6 Å². The van der Waals surface area contributed by atoms with Gasteiger partial charge in [0.05, 0.1) is 0 Å². The highest BCUT2D eigenvalue weighted by molar-refractivity contribution is 9.10. The van der Waals surface area contributed by atoms with Crippen molar-refractivity contribution in [2.45, 2.75) is 6.42 Å². The average molecular weight is 309 g/mol. The standard InChI is InChI=1S/C12H9BrN2OS/c13-10-6-2-4-8-3-1-5-9(12(8)10)7-11-14-16-17-15-11/h1-6H,7H2,(H,14,15). The van der Waals surface area contributed by atoms with E-state index in [1.165, 1.54) is 16.3 Å². The lowest BCUT2D eigenvalue weighted by Gasteiger charge is -2.07. The largest absolute Gasteiger partial charge is 0.297 e. The van der Waals surface area contributed by atoms with E-state index in [0.717, 1.165) is 29.0 Å².